The Bertz CT molecular complexity index is 674. The molecule has 3 nitrogen and oxygen atoms in total. The van der Waals surface area contributed by atoms with Gasteiger partial charge in [0.2, 0.25) is 0 Å². The topological polar surface area (TPSA) is 29.9 Å². The van der Waals surface area contributed by atoms with Crippen LogP contribution in [0.3, 0.4) is 0 Å². The number of aryl methyl sites for hydroxylation is 1. The molecule has 2 heterocycles. The number of nitrogens with one attached hydrogen (secondary N) is 1. The van der Waals surface area contributed by atoms with E-state index in [0.717, 1.165) is 43.1 Å². The molecule has 0 amide bonds. The summed E-state index contributed by atoms with van der Waals surface area (Å²) >= 11 is 0. The smallest absolute Gasteiger partial charge is 0.370 e. The molecule has 1 N–H and O–H groups in total. The van der Waals surface area contributed by atoms with Crippen LogP contribution in [0.5, 0.6) is 0 Å². The molecule has 6 heteroatoms. The first-order chi connectivity index (χ1) is 10.5. The van der Waals surface area contributed by atoms with Gasteiger partial charge in [-0.1, -0.05) is 19.1 Å². The van der Waals surface area contributed by atoms with Crippen molar-refractivity contribution in [2.75, 3.05) is 11.9 Å². The second-order valence-corrected chi connectivity index (χ2v) is 5.44. The van der Waals surface area contributed by atoms with Crippen LogP contribution in [0.1, 0.15) is 36.6 Å². The third-order valence-corrected chi connectivity index (χ3v) is 3.99. The molecule has 0 saturated heterocycles. The largest absolute Gasteiger partial charge is 0.418 e. The fourth-order valence-electron chi connectivity index (χ4n) is 2.93. The van der Waals surface area contributed by atoms with Gasteiger partial charge in [-0.3, -0.25) is 0 Å². The predicted octanol–water partition coefficient (Wildman–Crippen LogP) is 4.20. The van der Waals surface area contributed by atoms with Crippen LogP contribution >= 0.6 is 0 Å². The Labute approximate surface area is 127 Å². The lowest BCUT2D eigenvalue weighted by Gasteiger charge is -2.15. The van der Waals surface area contributed by atoms with Gasteiger partial charge in [0.1, 0.15) is 5.82 Å². The van der Waals surface area contributed by atoms with E-state index in [1.54, 1.807) is 6.07 Å². The van der Waals surface area contributed by atoms with Crippen LogP contribution in [0.25, 0.3) is 5.69 Å². The normalized spacial score (nSPS) is 15.1. The van der Waals surface area contributed by atoms with Crippen LogP contribution < -0.4 is 5.32 Å². The van der Waals surface area contributed by atoms with E-state index < -0.39 is 11.7 Å². The quantitative estimate of drug-likeness (QED) is 0.901. The lowest BCUT2D eigenvalue weighted by atomic mass is 10.1. The van der Waals surface area contributed by atoms with Gasteiger partial charge in [0.05, 0.1) is 16.9 Å². The molecule has 0 bridgehead atoms. The molecule has 118 valence electrons. The minimum atomic E-state index is -4.40. The third kappa shape index (κ3) is 2.58. The highest BCUT2D eigenvalue weighted by Gasteiger charge is 2.35. The van der Waals surface area contributed by atoms with Gasteiger partial charge in [-0.2, -0.15) is 18.3 Å². The summed E-state index contributed by atoms with van der Waals surface area (Å²) in [6.07, 6.45) is -0.782. The van der Waals surface area contributed by atoms with Crippen molar-refractivity contribution >= 4 is 5.82 Å². The van der Waals surface area contributed by atoms with Crippen molar-refractivity contribution in [3.8, 4) is 5.69 Å². The number of aromatic nitrogens is 2. The average molecular weight is 309 g/mol. The molecule has 0 fully saturated rings. The zero-order chi connectivity index (χ0) is 15.7. The van der Waals surface area contributed by atoms with E-state index in [9.17, 15) is 13.2 Å². The Morgan fingerprint density at radius 2 is 2.00 bits per heavy atom. The standard InChI is InChI=1S/C16H18F3N3/c1-2-13-11-7-5-6-10-20-15(11)22(21-13)14-9-4-3-8-12(14)16(17,18)19/h3-4,8-9,20H,2,5-7,10H2,1H3. The second kappa shape index (κ2) is 5.66. The zero-order valence-corrected chi connectivity index (χ0v) is 12.4. The van der Waals surface area contributed by atoms with Gasteiger partial charge in [-0.05, 0) is 37.8 Å². The number of para-hydroxylation sites is 1. The van der Waals surface area contributed by atoms with Gasteiger partial charge in [-0.15, -0.1) is 0 Å². The minimum absolute atomic E-state index is 0.0837. The first-order valence-electron chi connectivity index (χ1n) is 7.53. The van der Waals surface area contributed by atoms with Crippen molar-refractivity contribution in [3.05, 3.63) is 41.1 Å². The summed E-state index contributed by atoms with van der Waals surface area (Å²) in [5, 5.41) is 7.71. The number of hydrogen-bond acceptors (Lipinski definition) is 2. The Balaban J connectivity index is 2.20. The van der Waals surface area contributed by atoms with Crippen LogP contribution in [-0.4, -0.2) is 16.3 Å². The Morgan fingerprint density at radius 1 is 1.23 bits per heavy atom. The molecule has 0 aliphatic carbocycles. The molecular formula is C16H18F3N3. The van der Waals surface area contributed by atoms with Gasteiger partial charge >= 0.3 is 6.18 Å². The van der Waals surface area contributed by atoms with Crippen LogP contribution in [0, 0.1) is 0 Å². The highest BCUT2D eigenvalue weighted by molar-refractivity contribution is 5.56. The van der Waals surface area contributed by atoms with Gasteiger partial charge in [-0.25, -0.2) is 4.68 Å². The molecule has 2 aromatic rings. The van der Waals surface area contributed by atoms with Gasteiger partial charge in [0.15, 0.2) is 0 Å². The molecule has 1 aromatic carbocycles. The van der Waals surface area contributed by atoms with Crippen molar-refractivity contribution < 1.29 is 13.2 Å². The Hall–Kier alpha value is -1.98. The molecule has 0 atom stereocenters. The van der Waals surface area contributed by atoms with E-state index in [4.69, 9.17) is 0 Å². The van der Waals surface area contributed by atoms with Gasteiger partial charge in [0.25, 0.3) is 0 Å². The number of benzene rings is 1. The second-order valence-electron chi connectivity index (χ2n) is 5.44. The number of nitrogens with zero attached hydrogens (tertiary/aromatic N) is 2. The molecule has 3 rings (SSSR count). The Kier molecular flexibility index (Phi) is 3.85. The fraction of sp³-hybridized carbons (Fsp3) is 0.438. The number of rotatable bonds is 2. The molecule has 0 spiro atoms. The van der Waals surface area contributed by atoms with E-state index in [1.807, 2.05) is 6.92 Å². The fourth-order valence-corrected chi connectivity index (χ4v) is 2.93. The summed E-state index contributed by atoms with van der Waals surface area (Å²) < 4.78 is 41.3. The number of halogens is 3. The average Bonchev–Trinajstić information content (AvgIpc) is 2.67. The maximum absolute atomic E-state index is 13.3. The van der Waals surface area contributed by atoms with Crippen LogP contribution in [-0.2, 0) is 19.0 Å². The molecule has 22 heavy (non-hydrogen) atoms. The predicted molar refractivity (Wildman–Crippen MR) is 79.4 cm³/mol. The summed E-state index contributed by atoms with van der Waals surface area (Å²) in [6, 6.07) is 5.59. The molecule has 1 aromatic heterocycles. The summed E-state index contributed by atoms with van der Waals surface area (Å²) in [5.41, 5.74) is 1.35. The summed E-state index contributed by atoms with van der Waals surface area (Å²) in [7, 11) is 0. The molecular weight excluding hydrogens is 291 g/mol. The maximum Gasteiger partial charge on any atom is 0.418 e. The lowest BCUT2D eigenvalue weighted by molar-refractivity contribution is -0.137. The molecule has 0 radical (unpaired) electrons. The Morgan fingerprint density at radius 3 is 2.73 bits per heavy atom. The molecule has 1 aliphatic rings. The van der Waals surface area contributed by atoms with Crippen molar-refractivity contribution in [1.82, 2.24) is 9.78 Å². The molecule has 0 saturated carbocycles. The van der Waals surface area contributed by atoms with Crippen LogP contribution in [0.15, 0.2) is 24.3 Å². The van der Waals surface area contributed by atoms with Crippen molar-refractivity contribution in [1.29, 1.82) is 0 Å². The van der Waals surface area contributed by atoms with Gasteiger partial charge < -0.3 is 5.32 Å². The van der Waals surface area contributed by atoms with Crippen molar-refractivity contribution in [3.63, 3.8) is 0 Å². The maximum atomic E-state index is 13.3. The lowest BCUT2D eigenvalue weighted by Crippen LogP contribution is -2.14. The van der Waals surface area contributed by atoms with E-state index >= 15 is 0 Å². The monoisotopic (exact) mass is 309 g/mol. The number of alkyl halides is 3. The summed E-state index contributed by atoms with van der Waals surface area (Å²) in [5.74, 6) is 0.714. The van der Waals surface area contributed by atoms with E-state index in [2.05, 4.69) is 10.4 Å². The van der Waals surface area contributed by atoms with E-state index in [1.165, 1.54) is 16.8 Å². The SMILES string of the molecule is CCc1nn(-c2ccccc2C(F)(F)F)c2c1CCCCN2. The molecule has 0 unspecified atom stereocenters. The first-order valence-corrected chi connectivity index (χ1v) is 7.53. The third-order valence-electron chi connectivity index (χ3n) is 3.99. The number of fused-ring (bicyclic) bond motifs is 1. The van der Waals surface area contributed by atoms with Crippen LogP contribution in [0.2, 0.25) is 0 Å². The van der Waals surface area contributed by atoms with Gasteiger partial charge in [0, 0.05) is 12.1 Å². The number of anilines is 1. The van der Waals surface area contributed by atoms with Crippen molar-refractivity contribution in [2.45, 2.75) is 38.8 Å². The summed E-state index contributed by atoms with van der Waals surface area (Å²) in [4.78, 5) is 0. The zero-order valence-electron chi connectivity index (χ0n) is 12.4. The van der Waals surface area contributed by atoms with E-state index in [0.29, 0.717) is 12.2 Å². The summed E-state index contributed by atoms with van der Waals surface area (Å²) in [6.45, 7) is 2.74. The highest BCUT2D eigenvalue weighted by atomic mass is 19.4. The van der Waals surface area contributed by atoms with E-state index in [-0.39, 0.29) is 5.69 Å². The number of hydrogen-bond donors (Lipinski definition) is 1. The highest BCUT2D eigenvalue weighted by Crippen LogP contribution is 2.36. The minimum Gasteiger partial charge on any atom is -0.370 e. The molecule has 1 aliphatic heterocycles. The first kappa shape index (κ1) is 14.9. The van der Waals surface area contributed by atoms with Crippen molar-refractivity contribution in [2.24, 2.45) is 0 Å². The van der Waals surface area contributed by atoms with Crippen LogP contribution in [0.4, 0.5) is 19.0 Å².